The molecule has 30 heavy (non-hydrogen) atoms. The van der Waals surface area contributed by atoms with Gasteiger partial charge in [0.1, 0.15) is 6.61 Å². The van der Waals surface area contributed by atoms with Crippen molar-refractivity contribution in [1.82, 2.24) is 0 Å². The Hall–Kier alpha value is 0.0400. The summed E-state index contributed by atoms with van der Waals surface area (Å²) in [6.07, 6.45) is 19.9. The van der Waals surface area contributed by atoms with Crippen molar-refractivity contribution < 1.29 is 14.6 Å². The van der Waals surface area contributed by atoms with Crippen LogP contribution in [0.25, 0.3) is 0 Å². The minimum Gasteiger partial charge on any atom is -0.461 e. The van der Waals surface area contributed by atoms with Gasteiger partial charge in [-0.3, -0.25) is 4.79 Å². The largest absolute Gasteiger partial charge is 0.461 e. The summed E-state index contributed by atoms with van der Waals surface area (Å²) < 4.78 is 3.54. The second kappa shape index (κ2) is 19.7. The molecule has 0 saturated heterocycles. The lowest BCUT2D eigenvalue weighted by Gasteiger charge is -2.16. The lowest BCUT2D eigenvalue weighted by molar-refractivity contribution is -0.146. The molecule has 0 aromatic carbocycles. The third-order valence-corrected chi connectivity index (χ3v) is 5.55. The third-order valence-electron chi connectivity index (χ3n) is 5.22. The van der Waals surface area contributed by atoms with Crippen molar-refractivity contribution >= 4 is 40.8 Å². The quantitative estimate of drug-likeness (QED) is 0.0865. The SMILES string of the molecule is CCCCCCCCCCC[C@H](O)/C=C/[C@H](CCCCCC)C(=O)OCC(Cl)(Cl)Cl. The number of halogens is 3. The molecule has 0 aromatic heterocycles. The van der Waals surface area contributed by atoms with E-state index in [9.17, 15) is 9.90 Å². The first-order valence-corrected chi connectivity index (χ1v) is 13.0. The highest BCUT2D eigenvalue weighted by atomic mass is 35.6. The van der Waals surface area contributed by atoms with E-state index in [0.29, 0.717) is 6.42 Å². The van der Waals surface area contributed by atoms with Gasteiger partial charge in [-0.1, -0.05) is 144 Å². The molecule has 2 atom stereocenters. The molecule has 0 aliphatic rings. The van der Waals surface area contributed by atoms with Gasteiger partial charge in [0.2, 0.25) is 3.79 Å². The number of ether oxygens (including phenoxy) is 1. The van der Waals surface area contributed by atoms with Crippen LogP contribution in [0.3, 0.4) is 0 Å². The first-order valence-electron chi connectivity index (χ1n) is 11.9. The summed E-state index contributed by atoms with van der Waals surface area (Å²) in [4.78, 5) is 12.4. The molecule has 0 aromatic rings. The van der Waals surface area contributed by atoms with Crippen LogP contribution in [0.1, 0.15) is 110 Å². The van der Waals surface area contributed by atoms with Crippen LogP contribution in [-0.2, 0) is 9.53 Å². The molecule has 0 rings (SSSR count). The van der Waals surface area contributed by atoms with Gasteiger partial charge < -0.3 is 9.84 Å². The van der Waals surface area contributed by atoms with Gasteiger partial charge >= 0.3 is 5.97 Å². The van der Waals surface area contributed by atoms with E-state index in [2.05, 4.69) is 13.8 Å². The first kappa shape index (κ1) is 30.0. The second-order valence-corrected chi connectivity index (χ2v) is 10.8. The normalized spacial score (nSPS) is 14.2. The van der Waals surface area contributed by atoms with Gasteiger partial charge in [-0.15, -0.1) is 0 Å². The predicted molar refractivity (Wildman–Crippen MR) is 130 cm³/mol. The molecule has 0 aliphatic heterocycles. The summed E-state index contributed by atoms with van der Waals surface area (Å²) in [5.74, 6) is -0.809. The van der Waals surface area contributed by atoms with Crippen LogP contribution in [0, 0.1) is 5.92 Å². The zero-order valence-corrected chi connectivity index (χ0v) is 21.3. The molecule has 6 heteroatoms. The van der Waals surface area contributed by atoms with E-state index < -0.39 is 21.8 Å². The fourth-order valence-electron chi connectivity index (χ4n) is 3.37. The summed E-state index contributed by atoms with van der Waals surface area (Å²) in [7, 11) is 0. The van der Waals surface area contributed by atoms with Gasteiger partial charge in [-0.2, -0.15) is 0 Å². The summed E-state index contributed by atoms with van der Waals surface area (Å²) in [6, 6.07) is 0. The molecule has 0 aliphatic carbocycles. The number of unbranched alkanes of at least 4 members (excludes halogenated alkanes) is 11. The van der Waals surface area contributed by atoms with Crippen molar-refractivity contribution in [3.8, 4) is 0 Å². The lowest BCUT2D eigenvalue weighted by atomic mass is 9.99. The number of hydrogen-bond donors (Lipinski definition) is 1. The average molecular weight is 486 g/mol. The highest BCUT2D eigenvalue weighted by Crippen LogP contribution is 2.27. The van der Waals surface area contributed by atoms with Crippen LogP contribution < -0.4 is 0 Å². The van der Waals surface area contributed by atoms with Gasteiger partial charge in [0.15, 0.2) is 0 Å². The summed E-state index contributed by atoms with van der Waals surface area (Å²) in [5, 5.41) is 10.2. The lowest BCUT2D eigenvalue weighted by Crippen LogP contribution is -2.22. The van der Waals surface area contributed by atoms with Crippen LogP contribution in [0.4, 0.5) is 0 Å². The standard InChI is InChI=1S/C24H43Cl3O3/c1-3-5-7-9-10-11-12-13-15-17-22(28)19-18-21(16-14-8-6-4-2)23(29)30-20-24(25,26)27/h18-19,21-22,28H,3-17,20H2,1-2H3/b19-18+/t21-,22-/m0/s1. The Morgan fingerprint density at radius 1 is 0.800 bits per heavy atom. The van der Waals surface area contributed by atoms with Gasteiger partial charge in [-0.25, -0.2) is 0 Å². The molecular formula is C24H43Cl3O3. The first-order chi connectivity index (χ1) is 14.3. The number of alkyl halides is 3. The Labute approximate surface area is 199 Å². The van der Waals surface area contributed by atoms with Gasteiger partial charge in [0.05, 0.1) is 12.0 Å². The maximum absolute atomic E-state index is 12.4. The second-order valence-electron chi connectivity index (χ2n) is 8.25. The molecule has 3 nitrogen and oxygen atoms in total. The van der Waals surface area contributed by atoms with Gasteiger partial charge in [0.25, 0.3) is 0 Å². The molecule has 0 bridgehead atoms. The fourth-order valence-corrected chi connectivity index (χ4v) is 3.53. The zero-order valence-electron chi connectivity index (χ0n) is 19.0. The van der Waals surface area contributed by atoms with E-state index in [1.54, 1.807) is 12.2 Å². The number of esters is 1. The molecule has 0 spiro atoms. The van der Waals surface area contributed by atoms with Gasteiger partial charge in [-0.05, 0) is 12.8 Å². The van der Waals surface area contributed by atoms with E-state index in [1.165, 1.54) is 44.9 Å². The molecule has 178 valence electrons. The number of carbonyl (C=O) groups is 1. The maximum Gasteiger partial charge on any atom is 0.312 e. The zero-order chi connectivity index (χ0) is 22.7. The molecule has 0 fully saturated rings. The maximum atomic E-state index is 12.4. The van der Waals surface area contributed by atoms with E-state index in [4.69, 9.17) is 39.5 Å². The van der Waals surface area contributed by atoms with E-state index >= 15 is 0 Å². The molecule has 0 unspecified atom stereocenters. The Kier molecular flexibility index (Phi) is 19.7. The fraction of sp³-hybridized carbons (Fsp3) is 0.875. The Bertz CT molecular complexity index is 436. The number of hydrogen-bond acceptors (Lipinski definition) is 3. The molecule has 0 saturated carbocycles. The predicted octanol–water partition coefficient (Wildman–Crippen LogP) is 8.32. The van der Waals surface area contributed by atoms with Crippen molar-refractivity contribution in [2.45, 2.75) is 120 Å². The summed E-state index contributed by atoms with van der Waals surface area (Å²) in [5.41, 5.74) is 0. The minimum atomic E-state index is -1.61. The minimum absolute atomic E-state index is 0.267. The Morgan fingerprint density at radius 2 is 1.27 bits per heavy atom. The highest BCUT2D eigenvalue weighted by molar-refractivity contribution is 6.67. The van der Waals surface area contributed by atoms with Crippen molar-refractivity contribution in [1.29, 1.82) is 0 Å². The Morgan fingerprint density at radius 3 is 1.80 bits per heavy atom. The van der Waals surface area contributed by atoms with E-state index in [1.807, 2.05) is 0 Å². The van der Waals surface area contributed by atoms with Crippen molar-refractivity contribution in [3.05, 3.63) is 12.2 Å². The van der Waals surface area contributed by atoms with Gasteiger partial charge in [0, 0.05) is 0 Å². The topological polar surface area (TPSA) is 46.5 Å². The van der Waals surface area contributed by atoms with Crippen LogP contribution >= 0.6 is 34.8 Å². The molecule has 1 N–H and O–H groups in total. The van der Waals surface area contributed by atoms with Crippen LogP contribution in [0.2, 0.25) is 0 Å². The molecule has 0 heterocycles. The van der Waals surface area contributed by atoms with Crippen molar-refractivity contribution in [2.75, 3.05) is 6.61 Å². The van der Waals surface area contributed by atoms with E-state index in [0.717, 1.165) is 44.9 Å². The van der Waals surface area contributed by atoms with Crippen LogP contribution in [-0.4, -0.2) is 27.6 Å². The number of aliphatic hydroxyl groups excluding tert-OH is 1. The summed E-state index contributed by atoms with van der Waals surface area (Å²) >= 11 is 17.0. The molecule has 0 radical (unpaired) electrons. The smallest absolute Gasteiger partial charge is 0.312 e. The third kappa shape index (κ3) is 20.0. The van der Waals surface area contributed by atoms with Crippen LogP contribution in [0.15, 0.2) is 12.2 Å². The molecular weight excluding hydrogens is 443 g/mol. The van der Waals surface area contributed by atoms with Crippen molar-refractivity contribution in [2.24, 2.45) is 5.92 Å². The number of rotatable bonds is 19. The number of carbonyl (C=O) groups excluding carboxylic acids is 1. The van der Waals surface area contributed by atoms with Crippen LogP contribution in [0.5, 0.6) is 0 Å². The number of aliphatic hydroxyl groups is 1. The molecule has 0 amide bonds. The average Bonchev–Trinajstić information content (AvgIpc) is 2.69. The van der Waals surface area contributed by atoms with E-state index in [-0.39, 0.29) is 6.61 Å². The highest BCUT2D eigenvalue weighted by Gasteiger charge is 2.25. The monoisotopic (exact) mass is 484 g/mol. The van der Waals surface area contributed by atoms with Crippen molar-refractivity contribution in [3.63, 3.8) is 0 Å². The Balaban J connectivity index is 4.23. The summed E-state index contributed by atoms with van der Waals surface area (Å²) in [6.45, 7) is 4.12.